The average molecular weight is 197 g/mol. The molecule has 14 heavy (non-hydrogen) atoms. The zero-order valence-electron chi connectivity index (χ0n) is 8.94. The van der Waals surface area contributed by atoms with E-state index in [1.807, 2.05) is 7.05 Å². The first kappa shape index (κ1) is 9.97. The molecule has 3 heteroatoms. The summed E-state index contributed by atoms with van der Waals surface area (Å²) in [6.45, 7) is 2.28. The summed E-state index contributed by atoms with van der Waals surface area (Å²) in [6, 6.07) is 0.308. The first-order chi connectivity index (χ1) is 6.59. The Bertz CT molecular complexity index is 241. The Morgan fingerprint density at radius 2 is 2.07 bits per heavy atom. The second-order valence-corrected chi connectivity index (χ2v) is 5.00. The summed E-state index contributed by atoms with van der Waals surface area (Å²) in [5.74, 6) is 0.775. The first-order valence-corrected chi connectivity index (χ1v) is 5.54. The van der Waals surface area contributed by atoms with E-state index in [0.717, 1.165) is 12.3 Å². The van der Waals surface area contributed by atoms with E-state index in [2.05, 4.69) is 11.8 Å². The van der Waals surface area contributed by atoms with E-state index in [-0.39, 0.29) is 6.04 Å². The molecule has 4 atom stereocenters. The van der Waals surface area contributed by atoms with E-state index in [9.17, 15) is 4.79 Å². The molecule has 2 rings (SSSR count). The average Bonchev–Trinajstić information content (AvgIpc) is 2.43. The minimum absolute atomic E-state index is 0.227. The van der Waals surface area contributed by atoms with Crippen LogP contribution in [0.5, 0.6) is 0 Å². The van der Waals surface area contributed by atoms with Crippen molar-refractivity contribution in [2.24, 2.45) is 11.8 Å². The molecule has 1 aliphatic carbocycles. The van der Waals surface area contributed by atoms with Crippen LogP contribution in [0.25, 0.3) is 0 Å². The van der Waals surface area contributed by atoms with Gasteiger partial charge in [0.2, 0.25) is 0 Å². The highest BCUT2D eigenvalue weighted by Crippen LogP contribution is 2.40. The maximum atomic E-state index is 11.0. The van der Waals surface area contributed by atoms with E-state index in [1.54, 1.807) is 0 Å². The lowest BCUT2D eigenvalue weighted by molar-refractivity contribution is -0.142. The largest absolute Gasteiger partial charge is 0.480 e. The molecule has 1 aliphatic heterocycles. The van der Waals surface area contributed by atoms with Crippen molar-refractivity contribution in [3.63, 3.8) is 0 Å². The highest BCUT2D eigenvalue weighted by atomic mass is 16.4. The van der Waals surface area contributed by atoms with Gasteiger partial charge in [0.15, 0.2) is 0 Å². The normalized spacial score (nSPS) is 43.6. The van der Waals surface area contributed by atoms with E-state index in [0.29, 0.717) is 12.0 Å². The van der Waals surface area contributed by atoms with Crippen LogP contribution in [0.3, 0.4) is 0 Å². The van der Waals surface area contributed by atoms with Crippen LogP contribution in [0.4, 0.5) is 0 Å². The highest BCUT2D eigenvalue weighted by molar-refractivity contribution is 5.74. The summed E-state index contributed by atoms with van der Waals surface area (Å²) >= 11 is 0. The second-order valence-electron chi connectivity index (χ2n) is 5.00. The summed E-state index contributed by atoms with van der Waals surface area (Å²) in [5, 5.41) is 9.05. The van der Waals surface area contributed by atoms with Gasteiger partial charge in [-0.3, -0.25) is 9.69 Å². The molecule has 80 valence electrons. The van der Waals surface area contributed by atoms with E-state index in [1.165, 1.54) is 19.3 Å². The molecule has 0 radical (unpaired) electrons. The van der Waals surface area contributed by atoms with Gasteiger partial charge in [0.25, 0.3) is 0 Å². The lowest BCUT2D eigenvalue weighted by Crippen LogP contribution is -2.39. The molecule has 1 N–H and O–H groups in total. The van der Waals surface area contributed by atoms with Crippen LogP contribution >= 0.6 is 0 Å². The van der Waals surface area contributed by atoms with Crippen LogP contribution in [0.15, 0.2) is 0 Å². The predicted molar refractivity (Wildman–Crippen MR) is 54.1 cm³/mol. The lowest BCUT2D eigenvalue weighted by Gasteiger charge is -2.33. The van der Waals surface area contributed by atoms with Gasteiger partial charge in [-0.2, -0.15) is 0 Å². The number of carbonyl (C=O) groups is 1. The lowest BCUT2D eigenvalue weighted by atomic mass is 9.79. The Labute approximate surface area is 85.1 Å². The summed E-state index contributed by atoms with van der Waals surface area (Å²) in [7, 11) is 1.97. The van der Waals surface area contributed by atoms with Crippen LogP contribution in [0, 0.1) is 11.8 Å². The van der Waals surface area contributed by atoms with Crippen molar-refractivity contribution in [3.8, 4) is 0 Å². The van der Waals surface area contributed by atoms with Crippen LogP contribution in [-0.2, 0) is 4.79 Å². The number of hydrogen-bond acceptors (Lipinski definition) is 2. The van der Waals surface area contributed by atoms with Gasteiger partial charge in [0.05, 0.1) is 0 Å². The number of likely N-dealkylation sites (N-methyl/N-ethyl adjacent to an activating group) is 1. The number of fused-ring (bicyclic) bond motifs is 1. The fourth-order valence-corrected chi connectivity index (χ4v) is 3.23. The molecular weight excluding hydrogens is 178 g/mol. The Morgan fingerprint density at radius 3 is 2.71 bits per heavy atom. The molecule has 3 nitrogen and oxygen atoms in total. The monoisotopic (exact) mass is 197 g/mol. The molecule has 2 fully saturated rings. The van der Waals surface area contributed by atoms with Gasteiger partial charge in [-0.05, 0) is 44.6 Å². The quantitative estimate of drug-likeness (QED) is 0.694. The number of hydrogen-bond donors (Lipinski definition) is 1. The molecule has 1 saturated carbocycles. The number of carboxylic acids is 1. The molecule has 0 aromatic rings. The Hall–Kier alpha value is -0.570. The van der Waals surface area contributed by atoms with Crippen molar-refractivity contribution >= 4 is 5.97 Å². The molecule has 0 amide bonds. The minimum Gasteiger partial charge on any atom is -0.480 e. The van der Waals surface area contributed by atoms with Gasteiger partial charge >= 0.3 is 5.97 Å². The minimum atomic E-state index is -0.644. The molecular formula is C11H19NO2. The molecule has 1 saturated heterocycles. The summed E-state index contributed by atoms with van der Waals surface area (Å²) < 4.78 is 0. The summed E-state index contributed by atoms with van der Waals surface area (Å²) in [5.41, 5.74) is 0. The van der Waals surface area contributed by atoms with Gasteiger partial charge in [-0.1, -0.05) is 6.92 Å². The second kappa shape index (κ2) is 3.54. The van der Waals surface area contributed by atoms with Crippen LogP contribution in [0.1, 0.15) is 32.6 Å². The van der Waals surface area contributed by atoms with Gasteiger partial charge in [-0.25, -0.2) is 0 Å². The maximum Gasteiger partial charge on any atom is 0.320 e. The van der Waals surface area contributed by atoms with E-state index >= 15 is 0 Å². The summed E-state index contributed by atoms with van der Waals surface area (Å²) in [4.78, 5) is 13.1. The molecule has 0 spiro atoms. The third kappa shape index (κ3) is 1.54. The topological polar surface area (TPSA) is 40.5 Å². The van der Waals surface area contributed by atoms with Crippen LogP contribution in [-0.4, -0.2) is 35.1 Å². The van der Waals surface area contributed by atoms with Crippen LogP contribution in [0.2, 0.25) is 0 Å². The van der Waals surface area contributed by atoms with Crippen molar-refractivity contribution in [1.82, 2.24) is 4.90 Å². The molecule has 0 aromatic heterocycles. The van der Waals surface area contributed by atoms with E-state index in [4.69, 9.17) is 5.11 Å². The number of nitrogens with zero attached hydrogens (tertiary/aromatic N) is 1. The molecule has 2 aliphatic rings. The Morgan fingerprint density at radius 1 is 1.36 bits per heavy atom. The number of carboxylic acid groups (broad SMARTS) is 1. The van der Waals surface area contributed by atoms with Gasteiger partial charge < -0.3 is 5.11 Å². The molecule has 0 bridgehead atoms. The maximum absolute atomic E-state index is 11.0. The zero-order chi connectivity index (χ0) is 10.3. The van der Waals surface area contributed by atoms with Crippen molar-refractivity contribution in [2.75, 3.05) is 7.05 Å². The van der Waals surface area contributed by atoms with Crippen molar-refractivity contribution in [2.45, 2.75) is 44.7 Å². The van der Waals surface area contributed by atoms with Gasteiger partial charge in [-0.15, -0.1) is 0 Å². The van der Waals surface area contributed by atoms with Crippen LogP contribution < -0.4 is 0 Å². The third-order valence-electron chi connectivity index (χ3n) is 4.03. The van der Waals surface area contributed by atoms with Crippen molar-refractivity contribution < 1.29 is 9.90 Å². The molecule has 0 aromatic carbocycles. The SMILES string of the molecule is CC1CCC2C(C1)CC(C(=O)O)N2C. The molecule has 4 unspecified atom stereocenters. The standard InChI is InChI=1S/C11H19NO2/c1-7-3-4-9-8(5-7)6-10(11(13)14)12(9)2/h7-10H,3-6H2,1-2H3,(H,13,14). The highest BCUT2D eigenvalue weighted by Gasteiger charge is 2.44. The fourth-order valence-electron chi connectivity index (χ4n) is 3.23. The Kier molecular flexibility index (Phi) is 2.52. The number of rotatable bonds is 1. The molecule has 1 heterocycles. The van der Waals surface area contributed by atoms with Crippen molar-refractivity contribution in [1.29, 1.82) is 0 Å². The number of likely N-dealkylation sites (tertiary alicyclic amines) is 1. The summed E-state index contributed by atoms with van der Waals surface area (Å²) in [6.07, 6.45) is 4.53. The zero-order valence-corrected chi connectivity index (χ0v) is 8.94. The van der Waals surface area contributed by atoms with E-state index < -0.39 is 5.97 Å². The third-order valence-corrected chi connectivity index (χ3v) is 4.03. The van der Waals surface area contributed by atoms with Gasteiger partial charge in [0.1, 0.15) is 6.04 Å². The van der Waals surface area contributed by atoms with Crippen molar-refractivity contribution in [3.05, 3.63) is 0 Å². The smallest absolute Gasteiger partial charge is 0.320 e. The van der Waals surface area contributed by atoms with Gasteiger partial charge in [0, 0.05) is 6.04 Å². The fraction of sp³-hybridized carbons (Fsp3) is 0.909. The Balaban J connectivity index is 2.08. The first-order valence-electron chi connectivity index (χ1n) is 5.54. The number of aliphatic carboxylic acids is 1. The predicted octanol–water partition coefficient (Wildman–Crippen LogP) is 1.58.